The van der Waals surface area contributed by atoms with E-state index in [1.807, 2.05) is 24.3 Å². The molecule has 2 N–H and O–H groups in total. The first-order chi connectivity index (χ1) is 14.1. The number of likely N-dealkylation sites (tertiary alicyclic amines) is 1. The van der Waals surface area contributed by atoms with Gasteiger partial charge in [-0.05, 0) is 44.0 Å². The zero-order valence-corrected chi connectivity index (χ0v) is 16.7. The Morgan fingerprint density at radius 1 is 1.21 bits per heavy atom. The molecule has 3 rings (SSSR count). The van der Waals surface area contributed by atoms with Crippen LogP contribution in [-0.4, -0.2) is 54.7 Å². The molecule has 1 aromatic carbocycles. The third-order valence-electron chi connectivity index (χ3n) is 4.73. The number of nitrogens with one attached hydrogen (secondary N) is 2. The van der Waals surface area contributed by atoms with Crippen LogP contribution in [0.5, 0.6) is 5.75 Å². The molecular formula is C21H26N4O4. The zero-order valence-electron chi connectivity index (χ0n) is 16.7. The summed E-state index contributed by atoms with van der Waals surface area (Å²) in [5.41, 5.74) is 1.88. The highest BCUT2D eigenvalue weighted by Crippen LogP contribution is 2.27. The number of aromatic nitrogens is 1. The number of piperidine rings is 1. The van der Waals surface area contributed by atoms with Crippen LogP contribution in [0, 0.1) is 0 Å². The van der Waals surface area contributed by atoms with Crippen LogP contribution in [0.3, 0.4) is 0 Å². The number of rotatable bonds is 6. The SMILES string of the molecule is CCOC(=O)N1CCC(NC(=O)c2cc(Nc3ccccc3OC)ccn2)CC1. The van der Waals surface area contributed by atoms with Gasteiger partial charge in [-0.15, -0.1) is 0 Å². The number of hydrogen-bond donors (Lipinski definition) is 2. The van der Waals surface area contributed by atoms with Crippen molar-refractivity contribution >= 4 is 23.4 Å². The minimum atomic E-state index is -0.297. The summed E-state index contributed by atoms with van der Waals surface area (Å²) in [6.45, 7) is 3.27. The number of nitrogens with zero attached hydrogens (tertiary/aromatic N) is 2. The van der Waals surface area contributed by atoms with Crippen LogP contribution in [0.2, 0.25) is 0 Å². The Labute approximate surface area is 170 Å². The number of carbonyl (C=O) groups excluding carboxylic acids is 2. The highest BCUT2D eigenvalue weighted by molar-refractivity contribution is 5.93. The van der Waals surface area contributed by atoms with Gasteiger partial charge in [0.2, 0.25) is 0 Å². The summed E-state index contributed by atoms with van der Waals surface area (Å²) < 4.78 is 10.4. The quantitative estimate of drug-likeness (QED) is 0.776. The second kappa shape index (κ2) is 9.77. The molecule has 2 amide bonds. The van der Waals surface area contributed by atoms with Gasteiger partial charge in [0.15, 0.2) is 0 Å². The van der Waals surface area contributed by atoms with Crippen LogP contribution in [0.15, 0.2) is 42.6 Å². The van der Waals surface area contributed by atoms with E-state index < -0.39 is 0 Å². The summed E-state index contributed by atoms with van der Waals surface area (Å²) in [5, 5.41) is 6.26. The van der Waals surface area contributed by atoms with E-state index in [4.69, 9.17) is 9.47 Å². The molecule has 2 aromatic rings. The smallest absolute Gasteiger partial charge is 0.409 e. The van der Waals surface area contributed by atoms with Gasteiger partial charge in [0, 0.05) is 31.0 Å². The van der Waals surface area contributed by atoms with Crippen molar-refractivity contribution in [3.8, 4) is 5.75 Å². The molecule has 8 heteroatoms. The van der Waals surface area contributed by atoms with E-state index in [9.17, 15) is 9.59 Å². The predicted octanol–water partition coefficient (Wildman–Crippen LogP) is 3.18. The summed E-state index contributed by atoms with van der Waals surface area (Å²) in [7, 11) is 1.61. The largest absolute Gasteiger partial charge is 0.495 e. The second-order valence-corrected chi connectivity index (χ2v) is 6.69. The maximum absolute atomic E-state index is 12.6. The normalized spacial score (nSPS) is 14.2. The van der Waals surface area contributed by atoms with E-state index in [0.717, 1.165) is 11.4 Å². The highest BCUT2D eigenvalue weighted by Gasteiger charge is 2.25. The number of anilines is 2. The summed E-state index contributed by atoms with van der Waals surface area (Å²) in [5.74, 6) is 0.479. The van der Waals surface area contributed by atoms with Crippen LogP contribution in [0.4, 0.5) is 16.2 Å². The number of benzene rings is 1. The van der Waals surface area contributed by atoms with Gasteiger partial charge >= 0.3 is 6.09 Å². The van der Waals surface area contributed by atoms with E-state index in [1.165, 1.54) is 0 Å². The first-order valence-electron chi connectivity index (χ1n) is 9.69. The number of hydrogen-bond acceptors (Lipinski definition) is 6. The van der Waals surface area contributed by atoms with Gasteiger partial charge in [-0.1, -0.05) is 12.1 Å². The molecule has 2 heterocycles. The van der Waals surface area contributed by atoms with Crippen molar-refractivity contribution in [1.82, 2.24) is 15.2 Å². The van der Waals surface area contributed by atoms with Gasteiger partial charge in [0.25, 0.3) is 5.91 Å². The molecule has 1 aliphatic heterocycles. The monoisotopic (exact) mass is 398 g/mol. The fourth-order valence-electron chi connectivity index (χ4n) is 3.22. The van der Waals surface area contributed by atoms with E-state index in [2.05, 4.69) is 15.6 Å². The fraction of sp³-hybridized carbons (Fsp3) is 0.381. The van der Waals surface area contributed by atoms with Crippen LogP contribution >= 0.6 is 0 Å². The molecule has 0 saturated carbocycles. The average molecular weight is 398 g/mol. The molecule has 1 aromatic heterocycles. The minimum absolute atomic E-state index is 0.000749. The molecule has 0 aliphatic carbocycles. The number of pyridine rings is 1. The average Bonchev–Trinajstić information content (AvgIpc) is 2.75. The lowest BCUT2D eigenvalue weighted by Gasteiger charge is -2.31. The zero-order chi connectivity index (χ0) is 20.6. The Balaban J connectivity index is 1.58. The standard InChI is InChI=1S/C21H26N4O4/c1-3-29-21(27)25-12-9-15(10-13-25)24-20(26)18-14-16(8-11-22-18)23-17-6-4-5-7-19(17)28-2/h4-8,11,14-15H,3,9-10,12-13H2,1-2H3,(H,22,23)(H,24,26). The topological polar surface area (TPSA) is 92.8 Å². The molecule has 8 nitrogen and oxygen atoms in total. The maximum Gasteiger partial charge on any atom is 0.409 e. The van der Waals surface area contributed by atoms with Crippen molar-refractivity contribution in [3.63, 3.8) is 0 Å². The predicted molar refractivity (Wildman–Crippen MR) is 110 cm³/mol. The molecule has 154 valence electrons. The molecule has 1 aliphatic rings. The number of ether oxygens (including phenoxy) is 2. The Hall–Kier alpha value is -3.29. The Morgan fingerprint density at radius 3 is 2.69 bits per heavy atom. The maximum atomic E-state index is 12.6. The molecule has 0 bridgehead atoms. The number of amides is 2. The summed E-state index contributed by atoms with van der Waals surface area (Å²) in [6, 6.07) is 11.1. The van der Waals surface area contributed by atoms with Crippen molar-refractivity contribution in [2.45, 2.75) is 25.8 Å². The Kier molecular flexibility index (Phi) is 6.89. The molecular weight excluding hydrogens is 372 g/mol. The number of carbonyl (C=O) groups is 2. The third kappa shape index (κ3) is 5.37. The van der Waals surface area contributed by atoms with Crippen LogP contribution in [0.1, 0.15) is 30.3 Å². The lowest BCUT2D eigenvalue weighted by Crippen LogP contribution is -2.46. The molecule has 1 saturated heterocycles. The Bertz CT molecular complexity index is 850. The lowest BCUT2D eigenvalue weighted by molar-refractivity contribution is 0.0856. The molecule has 29 heavy (non-hydrogen) atoms. The molecule has 0 atom stereocenters. The fourth-order valence-corrected chi connectivity index (χ4v) is 3.22. The van der Waals surface area contributed by atoms with Crippen LogP contribution < -0.4 is 15.4 Å². The van der Waals surface area contributed by atoms with Gasteiger partial charge < -0.3 is 25.0 Å². The molecule has 1 fully saturated rings. The van der Waals surface area contributed by atoms with E-state index >= 15 is 0 Å². The van der Waals surface area contributed by atoms with Crippen molar-refractivity contribution in [2.75, 3.05) is 32.1 Å². The highest BCUT2D eigenvalue weighted by atomic mass is 16.6. The van der Waals surface area contributed by atoms with Crippen molar-refractivity contribution in [1.29, 1.82) is 0 Å². The van der Waals surface area contributed by atoms with E-state index in [0.29, 0.717) is 44.0 Å². The van der Waals surface area contributed by atoms with Gasteiger partial charge in [-0.3, -0.25) is 9.78 Å². The van der Waals surface area contributed by atoms with E-state index in [1.54, 1.807) is 37.3 Å². The Morgan fingerprint density at radius 2 is 1.97 bits per heavy atom. The van der Waals surface area contributed by atoms with Gasteiger partial charge in [0.05, 0.1) is 19.4 Å². The first-order valence-corrected chi connectivity index (χ1v) is 9.69. The minimum Gasteiger partial charge on any atom is -0.495 e. The number of methoxy groups -OCH3 is 1. The molecule has 0 unspecified atom stereocenters. The van der Waals surface area contributed by atoms with Crippen molar-refractivity contribution in [3.05, 3.63) is 48.3 Å². The van der Waals surface area contributed by atoms with E-state index in [-0.39, 0.29) is 18.0 Å². The van der Waals surface area contributed by atoms with Crippen LogP contribution in [0.25, 0.3) is 0 Å². The number of para-hydroxylation sites is 2. The van der Waals surface area contributed by atoms with Crippen LogP contribution in [-0.2, 0) is 4.74 Å². The third-order valence-corrected chi connectivity index (χ3v) is 4.73. The molecule has 0 radical (unpaired) electrons. The summed E-state index contributed by atoms with van der Waals surface area (Å²) in [6.07, 6.45) is 2.66. The molecule has 0 spiro atoms. The van der Waals surface area contributed by atoms with Crippen molar-refractivity contribution < 1.29 is 19.1 Å². The van der Waals surface area contributed by atoms with Gasteiger partial charge in [-0.25, -0.2) is 4.79 Å². The first kappa shape index (κ1) is 20.4. The summed E-state index contributed by atoms with van der Waals surface area (Å²) >= 11 is 0. The lowest BCUT2D eigenvalue weighted by atomic mass is 10.1. The van der Waals surface area contributed by atoms with Crippen molar-refractivity contribution in [2.24, 2.45) is 0 Å². The second-order valence-electron chi connectivity index (χ2n) is 6.69. The summed E-state index contributed by atoms with van der Waals surface area (Å²) in [4.78, 5) is 30.3. The van der Waals surface area contributed by atoms with Gasteiger partial charge in [-0.2, -0.15) is 0 Å². The van der Waals surface area contributed by atoms with Gasteiger partial charge in [0.1, 0.15) is 11.4 Å².